The van der Waals surface area contributed by atoms with Crippen LogP contribution in [0.2, 0.25) is 5.02 Å². The zero-order valence-corrected chi connectivity index (χ0v) is 7.91. The average Bonchev–Trinajstić information content (AvgIpc) is 2.04. The molecule has 1 rings (SSSR count). The zero-order chi connectivity index (χ0) is 10.9. The molecule has 2 nitrogen and oxygen atoms in total. The molecule has 6 heteroatoms. The van der Waals surface area contributed by atoms with Crippen LogP contribution in [0.25, 0.3) is 0 Å². The van der Waals surface area contributed by atoms with E-state index in [1.54, 1.807) is 0 Å². The Hall–Kier alpha value is -1.10. The molecule has 0 saturated carbocycles. The molecule has 0 radical (unpaired) electrons. The van der Waals surface area contributed by atoms with Gasteiger partial charge >= 0.3 is 6.36 Å². The van der Waals surface area contributed by atoms with Gasteiger partial charge in [0.15, 0.2) is 5.75 Å². The standard InChI is InChI=1S/C8H7ClF3NO/c1-4-5(9)2-3-6(7(4)13)14-8(10,11)12/h2-3H,13H2,1H3. The molecule has 0 aromatic heterocycles. The van der Waals surface area contributed by atoms with E-state index in [2.05, 4.69) is 4.74 Å². The fraction of sp³-hybridized carbons (Fsp3) is 0.250. The first-order valence-electron chi connectivity index (χ1n) is 3.61. The van der Waals surface area contributed by atoms with Gasteiger partial charge in [0.05, 0.1) is 5.69 Å². The summed E-state index contributed by atoms with van der Waals surface area (Å²) < 4.78 is 39.2. The monoisotopic (exact) mass is 225 g/mol. The second kappa shape index (κ2) is 3.57. The summed E-state index contributed by atoms with van der Waals surface area (Å²) in [6.07, 6.45) is -4.74. The van der Waals surface area contributed by atoms with Crippen LogP contribution >= 0.6 is 11.6 Å². The fourth-order valence-electron chi connectivity index (χ4n) is 0.891. The average molecular weight is 226 g/mol. The van der Waals surface area contributed by atoms with Crippen LogP contribution in [0.1, 0.15) is 5.56 Å². The Kier molecular flexibility index (Phi) is 2.80. The Morgan fingerprint density at radius 2 is 1.93 bits per heavy atom. The van der Waals surface area contributed by atoms with Crippen LogP contribution in [0.15, 0.2) is 12.1 Å². The summed E-state index contributed by atoms with van der Waals surface area (Å²) >= 11 is 5.64. The first-order chi connectivity index (χ1) is 6.31. The number of ether oxygens (including phenoxy) is 1. The van der Waals surface area contributed by atoms with E-state index in [9.17, 15) is 13.2 Å². The number of anilines is 1. The molecule has 0 heterocycles. The molecule has 0 fully saturated rings. The van der Waals surface area contributed by atoms with Crippen LogP contribution in [0.5, 0.6) is 5.75 Å². The van der Waals surface area contributed by atoms with Gasteiger partial charge in [-0.05, 0) is 24.6 Å². The lowest BCUT2D eigenvalue weighted by Crippen LogP contribution is -2.18. The van der Waals surface area contributed by atoms with Crippen molar-refractivity contribution in [3.8, 4) is 5.75 Å². The van der Waals surface area contributed by atoms with Crippen LogP contribution in [0.4, 0.5) is 18.9 Å². The van der Waals surface area contributed by atoms with Crippen molar-refractivity contribution in [3.63, 3.8) is 0 Å². The Balaban J connectivity index is 3.06. The van der Waals surface area contributed by atoms with E-state index in [0.717, 1.165) is 6.07 Å². The highest BCUT2D eigenvalue weighted by Crippen LogP contribution is 2.33. The summed E-state index contributed by atoms with van der Waals surface area (Å²) in [6, 6.07) is 2.38. The molecule has 1 aromatic carbocycles. The third kappa shape index (κ3) is 2.45. The zero-order valence-electron chi connectivity index (χ0n) is 7.15. The summed E-state index contributed by atoms with van der Waals surface area (Å²) in [5, 5.41) is 0.303. The summed E-state index contributed by atoms with van der Waals surface area (Å²) in [6.45, 7) is 1.51. The van der Waals surface area contributed by atoms with Crippen molar-refractivity contribution in [2.75, 3.05) is 5.73 Å². The van der Waals surface area contributed by atoms with Gasteiger partial charge in [-0.1, -0.05) is 11.6 Å². The van der Waals surface area contributed by atoms with Crippen molar-refractivity contribution < 1.29 is 17.9 Å². The van der Waals surface area contributed by atoms with Crippen LogP contribution in [-0.2, 0) is 0 Å². The molecule has 0 saturated heterocycles. The first kappa shape index (κ1) is 11.0. The summed E-state index contributed by atoms with van der Waals surface area (Å²) in [7, 11) is 0. The Morgan fingerprint density at radius 3 is 2.43 bits per heavy atom. The molecule has 78 valence electrons. The fourth-order valence-corrected chi connectivity index (χ4v) is 1.06. The van der Waals surface area contributed by atoms with Crippen LogP contribution < -0.4 is 10.5 Å². The van der Waals surface area contributed by atoms with Crippen molar-refractivity contribution in [2.45, 2.75) is 13.3 Å². The van der Waals surface area contributed by atoms with Crippen molar-refractivity contribution in [3.05, 3.63) is 22.7 Å². The molecule has 0 bridgehead atoms. The number of nitrogens with two attached hydrogens (primary N) is 1. The van der Waals surface area contributed by atoms with Crippen molar-refractivity contribution >= 4 is 17.3 Å². The van der Waals surface area contributed by atoms with E-state index in [1.165, 1.54) is 13.0 Å². The van der Waals surface area contributed by atoms with E-state index in [-0.39, 0.29) is 5.69 Å². The highest BCUT2D eigenvalue weighted by Gasteiger charge is 2.32. The lowest BCUT2D eigenvalue weighted by molar-refractivity contribution is -0.274. The van der Waals surface area contributed by atoms with Gasteiger partial charge < -0.3 is 10.5 Å². The highest BCUT2D eigenvalue weighted by atomic mass is 35.5. The molecule has 14 heavy (non-hydrogen) atoms. The molecule has 0 atom stereocenters. The Bertz CT molecular complexity index is 351. The van der Waals surface area contributed by atoms with Gasteiger partial charge in [-0.2, -0.15) is 0 Å². The number of alkyl halides is 3. The first-order valence-corrected chi connectivity index (χ1v) is 3.99. The van der Waals surface area contributed by atoms with Gasteiger partial charge in [0.25, 0.3) is 0 Å². The normalized spacial score (nSPS) is 11.5. The van der Waals surface area contributed by atoms with Crippen LogP contribution in [0.3, 0.4) is 0 Å². The SMILES string of the molecule is Cc1c(Cl)ccc(OC(F)(F)F)c1N. The van der Waals surface area contributed by atoms with E-state index < -0.39 is 12.1 Å². The predicted octanol–water partition coefficient (Wildman–Crippen LogP) is 3.13. The molecular formula is C8H7ClF3NO. The highest BCUT2D eigenvalue weighted by molar-refractivity contribution is 6.31. The number of hydrogen-bond acceptors (Lipinski definition) is 2. The van der Waals surface area contributed by atoms with Crippen LogP contribution in [-0.4, -0.2) is 6.36 Å². The van der Waals surface area contributed by atoms with Crippen LogP contribution in [0, 0.1) is 6.92 Å². The maximum absolute atomic E-state index is 11.8. The lowest BCUT2D eigenvalue weighted by atomic mass is 10.2. The maximum atomic E-state index is 11.8. The van der Waals surface area contributed by atoms with E-state index in [4.69, 9.17) is 17.3 Å². The number of rotatable bonds is 1. The molecule has 0 amide bonds. The number of halogens is 4. The molecule has 1 aromatic rings. The number of benzene rings is 1. The largest absolute Gasteiger partial charge is 0.573 e. The minimum atomic E-state index is -4.74. The van der Waals surface area contributed by atoms with Gasteiger partial charge in [-0.15, -0.1) is 13.2 Å². The minimum Gasteiger partial charge on any atom is -0.404 e. The van der Waals surface area contributed by atoms with E-state index in [1.807, 2.05) is 0 Å². The van der Waals surface area contributed by atoms with Crippen molar-refractivity contribution in [2.24, 2.45) is 0 Å². The summed E-state index contributed by atoms with van der Waals surface area (Å²) in [5.41, 5.74) is 5.65. The van der Waals surface area contributed by atoms with Crippen molar-refractivity contribution in [1.29, 1.82) is 0 Å². The third-order valence-corrected chi connectivity index (χ3v) is 2.04. The number of hydrogen-bond donors (Lipinski definition) is 1. The molecule has 0 aliphatic rings. The van der Waals surface area contributed by atoms with Gasteiger partial charge in [0.1, 0.15) is 0 Å². The predicted molar refractivity (Wildman–Crippen MR) is 47.3 cm³/mol. The summed E-state index contributed by atoms with van der Waals surface area (Å²) in [4.78, 5) is 0. The quantitative estimate of drug-likeness (QED) is 0.746. The van der Waals surface area contributed by atoms with Crippen molar-refractivity contribution in [1.82, 2.24) is 0 Å². The third-order valence-electron chi connectivity index (χ3n) is 1.63. The molecule has 0 aliphatic carbocycles. The van der Waals surface area contributed by atoms with Gasteiger partial charge in [-0.3, -0.25) is 0 Å². The van der Waals surface area contributed by atoms with Gasteiger partial charge in [0.2, 0.25) is 0 Å². The Labute approximate surface area is 83.4 Å². The minimum absolute atomic E-state index is 0.102. The second-order valence-corrected chi connectivity index (χ2v) is 3.04. The smallest absolute Gasteiger partial charge is 0.404 e. The molecule has 0 spiro atoms. The molecular weight excluding hydrogens is 219 g/mol. The van der Waals surface area contributed by atoms with Gasteiger partial charge in [0, 0.05) is 5.02 Å². The topological polar surface area (TPSA) is 35.2 Å². The van der Waals surface area contributed by atoms with E-state index >= 15 is 0 Å². The van der Waals surface area contributed by atoms with E-state index in [0.29, 0.717) is 10.6 Å². The van der Waals surface area contributed by atoms with Gasteiger partial charge in [-0.25, -0.2) is 0 Å². The summed E-state index contributed by atoms with van der Waals surface area (Å²) in [5.74, 6) is -0.431. The molecule has 0 unspecified atom stereocenters. The molecule has 0 aliphatic heterocycles. The lowest BCUT2D eigenvalue weighted by Gasteiger charge is -2.12. The Morgan fingerprint density at radius 1 is 1.36 bits per heavy atom. The second-order valence-electron chi connectivity index (χ2n) is 2.63. The molecule has 2 N–H and O–H groups in total. The number of nitrogen functional groups attached to an aromatic ring is 1. The maximum Gasteiger partial charge on any atom is 0.573 e.